The van der Waals surface area contributed by atoms with Crippen LogP contribution in [0.2, 0.25) is 0 Å². The third-order valence-electron chi connectivity index (χ3n) is 3.65. The lowest BCUT2D eigenvalue weighted by molar-refractivity contribution is 0.0711. The topological polar surface area (TPSA) is 64.2 Å². The molecule has 1 aliphatic rings. The van der Waals surface area contributed by atoms with Gasteiger partial charge in [-0.3, -0.25) is 9.48 Å². The minimum atomic E-state index is -0.0479. The maximum Gasteiger partial charge on any atom is 0.276 e. The number of hydrogen-bond donors (Lipinski definition) is 0. The third kappa shape index (κ3) is 2.45. The first-order valence-corrected chi connectivity index (χ1v) is 6.87. The molecule has 2 aromatic heterocycles. The van der Waals surface area contributed by atoms with Crippen molar-refractivity contribution >= 4 is 5.91 Å². The molecule has 0 radical (unpaired) electrons. The first kappa shape index (κ1) is 12.9. The molecule has 1 fully saturated rings. The fraction of sp³-hybridized carbons (Fsp3) is 0.500. The zero-order valence-electron chi connectivity index (χ0n) is 11.7. The SMILES string of the molecule is Cc1cnn(C[C@@H]2CCCN2C(=O)c2cc(C)on2)c1. The molecule has 0 aromatic carbocycles. The summed E-state index contributed by atoms with van der Waals surface area (Å²) in [6.45, 7) is 5.31. The normalized spacial score (nSPS) is 18.7. The number of nitrogens with zero attached hydrogens (tertiary/aromatic N) is 4. The van der Waals surface area contributed by atoms with Crippen LogP contribution in [0.1, 0.15) is 34.7 Å². The molecular weight excluding hydrogens is 256 g/mol. The Bertz CT molecular complexity index is 616. The summed E-state index contributed by atoms with van der Waals surface area (Å²) < 4.78 is 6.89. The smallest absolute Gasteiger partial charge is 0.276 e. The lowest BCUT2D eigenvalue weighted by atomic mass is 10.2. The first-order valence-electron chi connectivity index (χ1n) is 6.87. The van der Waals surface area contributed by atoms with Crippen LogP contribution in [-0.2, 0) is 6.54 Å². The van der Waals surface area contributed by atoms with Gasteiger partial charge in [-0.1, -0.05) is 5.16 Å². The zero-order valence-corrected chi connectivity index (χ0v) is 11.7. The Morgan fingerprint density at radius 2 is 2.35 bits per heavy atom. The van der Waals surface area contributed by atoms with Gasteiger partial charge in [0.05, 0.1) is 18.8 Å². The summed E-state index contributed by atoms with van der Waals surface area (Å²) in [5, 5.41) is 8.11. The molecule has 20 heavy (non-hydrogen) atoms. The van der Waals surface area contributed by atoms with E-state index >= 15 is 0 Å². The molecule has 0 spiro atoms. The average molecular weight is 274 g/mol. The van der Waals surface area contributed by atoms with E-state index in [4.69, 9.17) is 4.52 Å². The van der Waals surface area contributed by atoms with Gasteiger partial charge < -0.3 is 9.42 Å². The average Bonchev–Trinajstić information content (AvgIpc) is 3.11. The predicted molar refractivity (Wildman–Crippen MR) is 72.3 cm³/mol. The van der Waals surface area contributed by atoms with E-state index in [0.717, 1.165) is 31.5 Å². The van der Waals surface area contributed by atoms with Gasteiger partial charge >= 0.3 is 0 Å². The molecule has 3 rings (SSSR count). The van der Waals surface area contributed by atoms with E-state index < -0.39 is 0 Å². The highest BCUT2D eigenvalue weighted by molar-refractivity contribution is 5.92. The molecule has 1 aliphatic heterocycles. The quantitative estimate of drug-likeness (QED) is 0.856. The molecule has 0 N–H and O–H groups in total. The van der Waals surface area contributed by atoms with Crippen molar-refractivity contribution in [2.45, 2.75) is 39.3 Å². The monoisotopic (exact) mass is 274 g/mol. The molecule has 0 bridgehead atoms. The van der Waals surface area contributed by atoms with E-state index in [1.54, 1.807) is 13.0 Å². The Kier molecular flexibility index (Phi) is 3.30. The zero-order chi connectivity index (χ0) is 14.1. The highest BCUT2D eigenvalue weighted by Gasteiger charge is 2.31. The van der Waals surface area contributed by atoms with Crippen LogP contribution in [0.4, 0.5) is 0 Å². The number of likely N-dealkylation sites (tertiary alicyclic amines) is 1. The molecule has 1 amide bonds. The number of rotatable bonds is 3. The maximum atomic E-state index is 12.4. The molecule has 106 valence electrons. The molecule has 3 heterocycles. The van der Waals surface area contributed by atoms with Crippen molar-refractivity contribution in [3.63, 3.8) is 0 Å². The van der Waals surface area contributed by atoms with E-state index in [2.05, 4.69) is 10.3 Å². The molecule has 1 atom stereocenters. The van der Waals surface area contributed by atoms with Crippen LogP contribution in [-0.4, -0.2) is 38.3 Å². The third-order valence-corrected chi connectivity index (χ3v) is 3.65. The molecular formula is C14H18N4O2. The maximum absolute atomic E-state index is 12.4. The lowest BCUT2D eigenvalue weighted by Gasteiger charge is -2.23. The standard InChI is InChI=1S/C14H18N4O2/c1-10-7-15-17(8-10)9-12-4-3-5-18(12)14(19)13-6-11(2)20-16-13/h6-8,12H,3-5,9H2,1-2H3/t12-/m0/s1. The van der Waals surface area contributed by atoms with Gasteiger partial charge in [-0.2, -0.15) is 5.10 Å². The second kappa shape index (κ2) is 5.11. The second-order valence-corrected chi connectivity index (χ2v) is 5.36. The Morgan fingerprint density at radius 3 is 3.00 bits per heavy atom. The molecule has 6 nitrogen and oxygen atoms in total. The first-order chi connectivity index (χ1) is 9.63. The summed E-state index contributed by atoms with van der Waals surface area (Å²) in [6.07, 6.45) is 5.86. The van der Waals surface area contributed by atoms with E-state index in [1.165, 1.54) is 0 Å². The molecule has 0 saturated carbocycles. The van der Waals surface area contributed by atoms with Gasteiger partial charge in [0.15, 0.2) is 5.69 Å². The van der Waals surface area contributed by atoms with Crippen molar-refractivity contribution in [1.29, 1.82) is 0 Å². The van der Waals surface area contributed by atoms with Crippen molar-refractivity contribution < 1.29 is 9.32 Å². The van der Waals surface area contributed by atoms with Crippen molar-refractivity contribution in [3.05, 3.63) is 35.5 Å². The van der Waals surface area contributed by atoms with Crippen LogP contribution in [0.5, 0.6) is 0 Å². The fourth-order valence-electron chi connectivity index (χ4n) is 2.69. The van der Waals surface area contributed by atoms with E-state index in [1.807, 2.05) is 28.9 Å². The largest absolute Gasteiger partial charge is 0.361 e. The molecule has 6 heteroatoms. The van der Waals surface area contributed by atoms with E-state index in [0.29, 0.717) is 11.5 Å². The van der Waals surface area contributed by atoms with Crippen LogP contribution in [0, 0.1) is 13.8 Å². The predicted octanol–water partition coefficient (Wildman–Crippen LogP) is 1.79. The minimum Gasteiger partial charge on any atom is -0.361 e. The van der Waals surface area contributed by atoms with Gasteiger partial charge in [-0.25, -0.2) is 0 Å². The summed E-state index contributed by atoms with van der Waals surface area (Å²) in [7, 11) is 0. The Hall–Kier alpha value is -2.11. The highest BCUT2D eigenvalue weighted by atomic mass is 16.5. The number of aryl methyl sites for hydroxylation is 2. The molecule has 0 unspecified atom stereocenters. The van der Waals surface area contributed by atoms with Gasteiger partial charge in [0, 0.05) is 18.8 Å². The number of hydrogen-bond acceptors (Lipinski definition) is 4. The summed E-state index contributed by atoms with van der Waals surface area (Å²) in [5.41, 5.74) is 1.53. The van der Waals surface area contributed by atoms with Crippen LogP contribution >= 0.6 is 0 Å². The highest BCUT2D eigenvalue weighted by Crippen LogP contribution is 2.21. The Morgan fingerprint density at radius 1 is 1.50 bits per heavy atom. The van der Waals surface area contributed by atoms with Crippen LogP contribution in [0.15, 0.2) is 23.0 Å². The second-order valence-electron chi connectivity index (χ2n) is 5.36. The van der Waals surface area contributed by atoms with Crippen molar-refractivity contribution in [2.75, 3.05) is 6.54 Å². The number of amides is 1. The van der Waals surface area contributed by atoms with E-state index in [-0.39, 0.29) is 11.9 Å². The molecule has 2 aromatic rings. The van der Waals surface area contributed by atoms with Crippen molar-refractivity contribution in [2.24, 2.45) is 0 Å². The lowest BCUT2D eigenvalue weighted by Crippen LogP contribution is -2.38. The van der Waals surface area contributed by atoms with Gasteiger partial charge in [0.1, 0.15) is 5.76 Å². The summed E-state index contributed by atoms with van der Waals surface area (Å²) in [4.78, 5) is 14.3. The van der Waals surface area contributed by atoms with Gasteiger partial charge in [0.2, 0.25) is 0 Å². The van der Waals surface area contributed by atoms with Gasteiger partial charge in [0.25, 0.3) is 5.91 Å². The number of aromatic nitrogens is 3. The molecule has 1 saturated heterocycles. The van der Waals surface area contributed by atoms with Crippen molar-refractivity contribution in [3.8, 4) is 0 Å². The minimum absolute atomic E-state index is 0.0479. The van der Waals surface area contributed by atoms with Gasteiger partial charge in [-0.05, 0) is 32.3 Å². The van der Waals surface area contributed by atoms with Crippen molar-refractivity contribution in [1.82, 2.24) is 19.8 Å². The Balaban J connectivity index is 1.73. The Labute approximate surface area is 117 Å². The summed E-state index contributed by atoms with van der Waals surface area (Å²) >= 11 is 0. The number of carbonyl (C=O) groups is 1. The van der Waals surface area contributed by atoms with E-state index in [9.17, 15) is 4.79 Å². The molecule has 0 aliphatic carbocycles. The summed E-state index contributed by atoms with van der Waals surface area (Å²) in [5.74, 6) is 0.611. The van der Waals surface area contributed by atoms with Gasteiger partial charge in [-0.15, -0.1) is 0 Å². The van der Waals surface area contributed by atoms with Crippen LogP contribution in [0.25, 0.3) is 0 Å². The van der Waals surface area contributed by atoms with Crippen LogP contribution < -0.4 is 0 Å². The fourth-order valence-corrected chi connectivity index (χ4v) is 2.69. The number of carbonyl (C=O) groups excluding carboxylic acids is 1. The summed E-state index contributed by atoms with van der Waals surface area (Å²) in [6, 6.07) is 1.87. The van der Waals surface area contributed by atoms with Crippen LogP contribution in [0.3, 0.4) is 0 Å².